The highest BCUT2D eigenvalue weighted by molar-refractivity contribution is 5.94. The van der Waals surface area contributed by atoms with Gasteiger partial charge in [-0.15, -0.1) is 0 Å². The number of allylic oxidation sites excluding steroid dienone is 5. The number of benzene rings is 1. The predicted octanol–water partition coefficient (Wildman–Crippen LogP) is 7.07. The third-order valence-electron chi connectivity index (χ3n) is 5.63. The minimum atomic E-state index is -0.144. The van der Waals surface area contributed by atoms with E-state index in [4.69, 9.17) is 16.1 Å². The summed E-state index contributed by atoms with van der Waals surface area (Å²) >= 11 is 0. The molecule has 0 aliphatic heterocycles. The lowest BCUT2D eigenvalue weighted by Crippen LogP contribution is -2.12. The molecule has 1 aromatic carbocycles. The van der Waals surface area contributed by atoms with Crippen LogP contribution in [-0.2, 0) is 0 Å². The highest BCUT2D eigenvalue weighted by atomic mass is 14.8. The monoisotopic (exact) mass is 405 g/mol. The van der Waals surface area contributed by atoms with Crippen LogP contribution in [-0.4, -0.2) is 18.0 Å². The Bertz CT molecular complexity index is 889. The largest absolute Gasteiger partial charge is 0.404 e. The SMILES string of the molecule is CCC/C=C(C1=C(c2c(C)ccc(C)c2C=N)CCCC1)\C(C=NC(C)(C)C)=C\N. The molecular weight excluding hydrogens is 366 g/mol. The van der Waals surface area contributed by atoms with Crippen molar-refractivity contribution in [1.82, 2.24) is 0 Å². The van der Waals surface area contributed by atoms with Crippen LogP contribution in [0.2, 0.25) is 0 Å². The molecule has 0 amide bonds. The zero-order valence-electron chi connectivity index (χ0n) is 19.7. The molecule has 0 heterocycles. The van der Waals surface area contributed by atoms with Gasteiger partial charge in [0.25, 0.3) is 0 Å². The lowest BCUT2D eigenvalue weighted by Gasteiger charge is -2.26. The minimum Gasteiger partial charge on any atom is -0.404 e. The van der Waals surface area contributed by atoms with Crippen molar-refractivity contribution in [3.8, 4) is 0 Å². The molecule has 3 N–H and O–H groups in total. The van der Waals surface area contributed by atoms with Crippen LogP contribution in [0, 0.1) is 19.3 Å². The predicted molar refractivity (Wildman–Crippen MR) is 133 cm³/mol. The number of unbranched alkanes of at least 4 members (excludes halogenated alkanes) is 1. The van der Waals surface area contributed by atoms with E-state index in [1.54, 1.807) is 6.20 Å². The van der Waals surface area contributed by atoms with Crippen LogP contribution < -0.4 is 5.73 Å². The Morgan fingerprint density at radius 1 is 1.13 bits per heavy atom. The van der Waals surface area contributed by atoms with E-state index >= 15 is 0 Å². The summed E-state index contributed by atoms with van der Waals surface area (Å²) in [6.07, 6.45) is 14.1. The Balaban J connectivity index is 2.75. The summed E-state index contributed by atoms with van der Waals surface area (Å²) in [6.45, 7) is 12.8. The molecule has 1 aromatic rings. The van der Waals surface area contributed by atoms with Crippen molar-refractivity contribution in [2.75, 3.05) is 0 Å². The van der Waals surface area contributed by atoms with E-state index < -0.39 is 0 Å². The molecule has 0 spiro atoms. The van der Waals surface area contributed by atoms with E-state index in [0.29, 0.717) is 0 Å². The first-order valence-corrected chi connectivity index (χ1v) is 11.2. The topological polar surface area (TPSA) is 62.2 Å². The summed E-state index contributed by atoms with van der Waals surface area (Å²) in [5.41, 5.74) is 15.6. The number of aryl methyl sites for hydroxylation is 2. The first kappa shape index (κ1) is 23.9. The molecule has 0 saturated carbocycles. The highest BCUT2D eigenvalue weighted by Crippen LogP contribution is 2.41. The molecule has 0 fully saturated rings. The van der Waals surface area contributed by atoms with Crippen LogP contribution in [0.5, 0.6) is 0 Å². The molecule has 162 valence electrons. The van der Waals surface area contributed by atoms with Gasteiger partial charge < -0.3 is 11.1 Å². The maximum absolute atomic E-state index is 8.07. The number of nitrogens with zero attached hydrogens (tertiary/aromatic N) is 1. The molecule has 0 bridgehead atoms. The van der Waals surface area contributed by atoms with Crippen molar-refractivity contribution in [3.05, 3.63) is 63.4 Å². The van der Waals surface area contributed by atoms with Gasteiger partial charge in [-0.25, -0.2) is 0 Å². The third-order valence-corrected chi connectivity index (χ3v) is 5.63. The Kier molecular flexibility index (Phi) is 8.40. The van der Waals surface area contributed by atoms with Crippen LogP contribution in [0.1, 0.15) is 88.5 Å². The second-order valence-electron chi connectivity index (χ2n) is 9.25. The first-order chi connectivity index (χ1) is 14.2. The standard InChI is InChI=1S/C27H39N3/c1-7-8-11-22(21(16-28)18-30-27(4,5)6)23-12-9-10-13-24(23)26-20(3)15-14-19(2)25(26)17-29/h11,14-18,29H,7-10,12-13,28H2,1-6H3/b21-16+,22-11+,29-17?,30-18?. The van der Waals surface area contributed by atoms with Gasteiger partial charge in [0, 0.05) is 29.8 Å². The lowest BCUT2D eigenvalue weighted by molar-refractivity contribution is 0.586. The van der Waals surface area contributed by atoms with Gasteiger partial charge in [-0.05, 0) is 100 Å². The summed E-state index contributed by atoms with van der Waals surface area (Å²) in [6, 6.07) is 4.31. The lowest BCUT2D eigenvalue weighted by atomic mass is 9.78. The second-order valence-corrected chi connectivity index (χ2v) is 9.25. The summed E-state index contributed by atoms with van der Waals surface area (Å²) in [5, 5.41) is 8.07. The molecule has 0 saturated heterocycles. The summed E-state index contributed by atoms with van der Waals surface area (Å²) in [7, 11) is 0. The number of hydrogen-bond donors (Lipinski definition) is 2. The van der Waals surface area contributed by atoms with E-state index in [2.05, 4.69) is 59.8 Å². The molecule has 3 nitrogen and oxygen atoms in total. The van der Waals surface area contributed by atoms with E-state index in [1.165, 1.54) is 46.9 Å². The number of hydrogen-bond acceptors (Lipinski definition) is 3. The van der Waals surface area contributed by atoms with Crippen molar-refractivity contribution in [1.29, 1.82) is 5.41 Å². The zero-order chi connectivity index (χ0) is 22.3. The number of nitrogens with two attached hydrogens (primary N) is 1. The van der Waals surface area contributed by atoms with Gasteiger partial charge in [0.1, 0.15) is 0 Å². The van der Waals surface area contributed by atoms with Gasteiger partial charge in [-0.3, -0.25) is 4.99 Å². The Morgan fingerprint density at radius 3 is 2.40 bits per heavy atom. The Morgan fingerprint density at radius 2 is 1.80 bits per heavy atom. The van der Waals surface area contributed by atoms with Gasteiger partial charge in [-0.1, -0.05) is 31.6 Å². The van der Waals surface area contributed by atoms with Crippen LogP contribution in [0.4, 0.5) is 0 Å². The first-order valence-electron chi connectivity index (χ1n) is 11.2. The van der Waals surface area contributed by atoms with Crippen LogP contribution in [0.3, 0.4) is 0 Å². The minimum absolute atomic E-state index is 0.144. The fraction of sp³-hybridized carbons (Fsp3) is 0.481. The summed E-state index contributed by atoms with van der Waals surface area (Å²) in [4.78, 5) is 4.74. The Labute approximate surface area is 183 Å². The van der Waals surface area contributed by atoms with Crippen molar-refractivity contribution in [3.63, 3.8) is 0 Å². The molecule has 0 aromatic heterocycles. The molecule has 0 radical (unpaired) electrons. The van der Waals surface area contributed by atoms with Crippen molar-refractivity contribution in [2.24, 2.45) is 10.7 Å². The maximum Gasteiger partial charge on any atom is 0.0524 e. The summed E-state index contributed by atoms with van der Waals surface area (Å²) < 4.78 is 0. The fourth-order valence-corrected chi connectivity index (χ4v) is 4.07. The number of rotatable bonds is 7. The smallest absolute Gasteiger partial charge is 0.0524 e. The molecule has 1 aliphatic rings. The van der Waals surface area contributed by atoms with Gasteiger partial charge in [-0.2, -0.15) is 0 Å². The van der Waals surface area contributed by atoms with Crippen LogP contribution in [0.25, 0.3) is 5.57 Å². The van der Waals surface area contributed by atoms with E-state index in [0.717, 1.165) is 42.4 Å². The van der Waals surface area contributed by atoms with E-state index in [1.807, 2.05) is 6.21 Å². The van der Waals surface area contributed by atoms with E-state index in [9.17, 15) is 0 Å². The van der Waals surface area contributed by atoms with Gasteiger partial charge in [0.05, 0.1) is 5.54 Å². The molecule has 2 rings (SSSR count). The van der Waals surface area contributed by atoms with E-state index in [-0.39, 0.29) is 5.54 Å². The van der Waals surface area contributed by atoms with Crippen LogP contribution >= 0.6 is 0 Å². The maximum atomic E-state index is 8.07. The van der Waals surface area contributed by atoms with Gasteiger partial charge >= 0.3 is 0 Å². The average molecular weight is 406 g/mol. The zero-order valence-corrected chi connectivity index (χ0v) is 19.7. The summed E-state index contributed by atoms with van der Waals surface area (Å²) in [5.74, 6) is 0. The molecule has 3 heteroatoms. The van der Waals surface area contributed by atoms with Crippen molar-refractivity contribution >= 4 is 18.0 Å². The molecule has 0 atom stereocenters. The normalized spacial score (nSPS) is 16.5. The Hall–Kier alpha value is -2.42. The average Bonchev–Trinajstić information content (AvgIpc) is 2.71. The molecular formula is C27H39N3. The second kappa shape index (κ2) is 10.6. The van der Waals surface area contributed by atoms with Gasteiger partial charge in [0.15, 0.2) is 0 Å². The quantitative estimate of drug-likeness (QED) is 0.370. The third kappa shape index (κ3) is 5.81. The number of nitrogens with one attached hydrogen (secondary N) is 1. The highest BCUT2D eigenvalue weighted by Gasteiger charge is 2.23. The van der Waals surface area contributed by atoms with Crippen molar-refractivity contribution in [2.45, 2.75) is 85.6 Å². The fourth-order valence-electron chi connectivity index (χ4n) is 4.07. The van der Waals surface area contributed by atoms with Gasteiger partial charge in [0.2, 0.25) is 0 Å². The molecule has 30 heavy (non-hydrogen) atoms. The number of aliphatic imine (C=N–C) groups is 1. The molecule has 0 unspecified atom stereocenters. The molecule has 1 aliphatic carbocycles. The van der Waals surface area contributed by atoms with Crippen LogP contribution in [0.15, 0.2) is 46.1 Å². The van der Waals surface area contributed by atoms with Crippen molar-refractivity contribution < 1.29 is 0 Å².